The molecule has 0 bridgehead atoms. The SMILES string of the molecule is CCc1c2nc(-c3cnc(OC)c(OC)c3)ccc2c(O)n1-c1cnn(CC(F)(F)F)c1. The maximum Gasteiger partial charge on any atom is 0.408 e. The van der Waals surface area contributed by atoms with E-state index in [1.165, 1.54) is 31.2 Å². The normalized spacial score (nSPS) is 11.8. The largest absolute Gasteiger partial charge is 0.494 e. The van der Waals surface area contributed by atoms with Gasteiger partial charge in [0, 0.05) is 18.0 Å². The Labute approximate surface area is 180 Å². The van der Waals surface area contributed by atoms with Crippen LogP contribution < -0.4 is 9.47 Å². The van der Waals surface area contributed by atoms with Gasteiger partial charge in [0.25, 0.3) is 5.88 Å². The van der Waals surface area contributed by atoms with Crippen molar-refractivity contribution >= 4 is 10.9 Å². The van der Waals surface area contributed by atoms with Crippen molar-refractivity contribution in [2.24, 2.45) is 0 Å². The van der Waals surface area contributed by atoms with E-state index in [9.17, 15) is 18.3 Å². The Bertz CT molecular complexity index is 1280. The van der Waals surface area contributed by atoms with E-state index in [2.05, 4.69) is 10.1 Å². The molecule has 0 fully saturated rings. The van der Waals surface area contributed by atoms with E-state index in [1.54, 1.807) is 24.4 Å². The van der Waals surface area contributed by atoms with Gasteiger partial charge >= 0.3 is 6.18 Å². The minimum atomic E-state index is -4.40. The van der Waals surface area contributed by atoms with Crippen LogP contribution in [0.5, 0.6) is 17.5 Å². The first-order valence-corrected chi connectivity index (χ1v) is 9.67. The van der Waals surface area contributed by atoms with Crippen LogP contribution >= 0.6 is 0 Å². The molecular weight excluding hydrogens is 427 g/mol. The molecule has 0 amide bonds. The number of ether oxygens (including phenoxy) is 2. The van der Waals surface area contributed by atoms with Crippen LogP contribution in [0.4, 0.5) is 13.2 Å². The zero-order valence-corrected chi connectivity index (χ0v) is 17.5. The number of hydrogen-bond acceptors (Lipinski definition) is 6. The van der Waals surface area contributed by atoms with Crippen molar-refractivity contribution in [2.45, 2.75) is 26.1 Å². The molecule has 4 aromatic rings. The predicted octanol–water partition coefficient (Wildman–Crippen LogP) is 4.13. The second-order valence-corrected chi connectivity index (χ2v) is 7.00. The number of pyridine rings is 2. The molecule has 168 valence electrons. The van der Waals surface area contributed by atoms with Crippen molar-refractivity contribution in [1.82, 2.24) is 24.3 Å². The van der Waals surface area contributed by atoms with E-state index >= 15 is 0 Å². The standard InChI is InChI=1S/C21H20F3N5O3/c1-4-16-18-14(20(30)29(16)13-9-26-28(10-13)11-21(22,23)24)5-6-15(27-18)12-7-17(31-2)19(32-3)25-8-12/h5-10,30H,4,11H2,1-3H3. The van der Waals surface area contributed by atoms with Gasteiger partial charge < -0.3 is 14.6 Å². The van der Waals surface area contributed by atoms with Gasteiger partial charge in [-0.15, -0.1) is 0 Å². The molecule has 11 heteroatoms. The van der Waals surface area contributed by atoms with Crippen molar-refractivity contribution < 1.29 is 27.8 Å². The van der Waals surface area contributed by atoms with Crippen molar-refractivity contribution in [2.75, 3.05) is 14.2 Å². The zero-order chi connectivity index (χ0) is 23.0. The van der Waals surface area contributed by atoms with Crippen LogP contribution in [-0.4, -0.2) is 49.8 Å². The van der Waals surface area contributed by atoms with E-state index < -0.39 is 12.7 Å². The number of aryl methyl sites for hydroxylation is 1. The zero-order valence-electron chi connectivity index (χ0n) is 17.5. The van der Waals surface area contributed by atoms with Gasteiger partial charge in [-0.25, -0.2) is 9.97 Å². The lowest BCUT2D eigenvalue weighted by molar-refractivity contribution is -0.142. The number of nitrogens with zero attached hydrogens (tertiary/aromatic N) is 5. The van der Waals surface area contributed by atoms with Crippen LogP contribution in [0.15, 0.2) is 36.8 Å². The Morgan fingerprint density at radius 1 is 1.12 bits per heavy atom. The average Bonchev–Trinajstić information content (AvgIpc) is 3.32. The summed E-state index contributed by atoms with van der Waals surface area (Å²) in [5.74, 6) is 0.666. The van der Waals surface area contributed by atoms with Crippen LogP contribution in [-0.2, 0) is 13.0 Å². The third-order valence-electron chi connectivity index (χ3n) is 4.97. The van der Waals surface area contributed by atoms with Crippen molar-refractivity contribution in [3.8, 4) is 34.5 Å². The van der Waals surface area contributed by atoms with E-state index in [4.69, 9.17) is 14.5 Å². The van der Waals surface area contributed by atoms with Crippen LogP contribution in [0.3, 0.4) is 0 Å². The molecule has 0 aliphatic heterocycles. The molecule has 4 heterocycles. The van der Waals surface area contributed by atoms with Crippen LogP contribution in [0.2, 0.25) is 0 Å². The minimum Gasteiger partial charge on any atom is -0.494 e. The maximum absolute atomic E-state index is 12.7. The molecule has 0 atom stereocenters. The summed E-state index contributed by atoms with van der Waals surface area (Å²) < 4.78 is 50.8. The van der Waals surface area contributed by atoms with Gasteiger partial charge in [-0.2, -0.15) is 18.3 Å². The molecule has 32 heavy (non-hydrogen) atoms. The van der Waals surface area contributed by atoms with Crippen molar-refractivity contribution in [1.29, 1.82) is 0 Å². The summed E-state index contributed by atoms with van der Waals surface area (Å²) in [4.78, 5) is 8.92. The maximum atomic E-state index is 12.7. The molecule has 0 radical (unpaired) electrons. The van der Waals surface area contributed by atoms with Gasteiger partial charge in [-0.1, -0.05) is 6.92 Å². The molecule has 0 saturated heterocycles. The Morgan fingerprint density at radius 3 is 2.56 bits per heavy atom. The van der Waals surface area contributed by atoms with Crippen LogP contribution in [0.1, 0.15) is 12.6 Å². The number of rotatable bonds is 6. The van der Waals surface area contributed by atoms with E-state index in [1.807, 2.05) is 6.92 Å². The number of alkyl halides is 3. The fourth-order valence-electron chi connectivity index (χ4n) is 3.59. The highest BCUT2D eigenvalue weighted by Crippen LogP contribution is 2.36. The highest BCUT2D eigenvalue weighted by molar-refractivity contribution is 5.90. The fraction of sp³-hybridized carbons (Fsp3) is 0.286. The number of hydrogen-bond donors (Lipinski definition) is 1. The Kier molecular flexibility index (Phi) is 5.41. The van der Waals surface area contributed by atoms with Gasteiger partial charge in [0.15, 0.2) is 5.75 Å². The molecule has 1 N–H and O–H groups in total. The number of aromatic nitrogens is 5. The van der Waals surface area contributed by atoms with Crippen LogP contribution in [0, 0.1) is 0 Å². The number of fused-ring (bicyclic) bond motifs is 1. The summed E-state index contributed by atoms with van der Waals surface area (Å²) >= 11 is 0. The lowest BCUT2D eigenvalue weighted by atomic mass is 10.1. The first-order valence-electron chi connectivity index (χ1n) is 9.67. The molecule has 0 saturated carbocycles. The Hall–Kier alpha value is -3.76. The lowest BCUT2D eigenvalue weighted by Crippen LogP contribution is -2.17. The van der Waals surface area contributed by atoms with E-state index in [0.717, 1.165) is 4.68 Å². The Balaban J connectivity index is 1.82. The lowest BCUT2D eigenvalue weighted by Gasteiger charge is -2.08. The van der Waals surface area contributed by atoms with E-state index in [0.29, 0.717) is 51.6 Å². The Morgan fingerprint density at radius 2 is 1.91 bits per heavy atom. The number of halogens is 3. The second-order valence-electron chi connectivity index (χ2n) is 7.00. The third kappa shape index (κ3) is 3.81. The smallest absolute Gasteiger partial charge is 0.408 e. The molecule has 0 aliphatic carbocycles. The number of methoxy groups -OCH3 is 2. The number of aromatic hydroxyl groups is 1. The molecule has 0 unspecified atom stereocenters. The molecule has 0 spiro atoms. The minimum absolute atomic E-state index is 0.118. The first-order chi connectivity index (χ1) is 15.3. The monoisotopic (exact) mass is 447 g/mol. The fourth-order valence-corrected chi connectivity index (χ4v) is 3.59. The van der Waals surface area contributed by atoms with Gasteiger partial charge in [-0.3, -0.25) is 9.25 Å². The summed E-state index contributed by atoms with van der Waals surface area (Å²) in [5, 5.41) is 15.1. The average molecular weight is 447 g/mol. The predicted molar refractivity (Wildman–Crippen MR) is 110 cm³/mol. The quantitative estimate of drug-likeness (QED) is 0.478. The summed E-state index contributed by atoms with van der Waals surface area (Å²) in [6.45, 7) is 0.655. The second kappa shape index (κ2) is 8.06. The van der Waals surface area contributed by atoms with Crippen molar-refractivity contribution in [3.05, 3.63) is 42.5 Å². The molecule has 8 nitrogen and oxygen atoms in total. The highest BCUT2D eigenvalue weighted by atomic mass is 19.4. The summed E-state index contributed by atoms with van der Waals surface area (Å²) in [6, 6.07) is 5.17. The van der Waals surface area contributed by atoms with E-state index in [-0.39, 0.29) is 5.88 Å². The van der Waals surface area contributed by atoms with Gasteiger partial charge in [0.1, 0.15) is 6.54 Å². The molecule has 0 aliphatic rings. The highest BCUT2D eigenvalue weighted by Gasteiger charge is 2.29. The van der Waals surface area contributed by atoms with Crippen molar-refractivity contribution in [3.63, 3.8) is 0 Å². The van der Waals surface area contributed by atoms with Gasteiger partial charge in [0.2, 0.25) is 5.88 Å². The summed E-state index contributed by atoms with van der Waals surface area (Å²) in [6.07, 6.45) is 0.193. The molecule has 4 rings (SSSR count). The third-order valence-corrected chi connectivity index (χ3v) is 4.97. The first kappa shape index (κ1) is 21.5. The van der Waals surface area contributed by atoms with Crippen LogP contribution in [0.25, 0.3) is 27.8 Å². The molecule has 0 aromatic carbocycles. The molecular formula is C21H20F3N5O3. The summed E-state index contributed by atoms with van der Waals surface area (Å²) in [7, 11) is 3.00. The summed E-state index contributed by atoms with van der Waals surface area (Å²) in [5.41, 5.74) is 2.75. The molecule has 4 aromatic heterocycles. The van der Waals surface area contributed by atoms with Gasteiger partial charge in [-0.05, 0) is 24.6 Å². The topological polar surface area (TPSA) is 87.2 Å². The van der Waals surface area contributed by atoms with Gasteiger partial charge in [0.05, 0.1) is 48.4 Å².